The van der Waals surface area contributed by atoms with E-state index in [1.54, 1.807) is 19.0 Å². The molecule has 0 fully saturated rings. The number of amides is 1. The minimum absolute atomic E-state index is 0.0142. The van der Waals surface area contributed by atoms with Crippen LogP contribution in [0.2, 0.25) is 0 Å². The van der Waals surface area contributed by atoms with Crippen molar-refractivity contribution in [1.29, 1.82) is 0 Å². The predicted molar refractivity (Wildman–Crippen MR) is 101 cm³/mol. The van der Waals surface area contributed by atoms with Crippen LogP contribution in [0, 0.1) is 0 Å². The first-order valence-corrected chi connectivity index (χ1v) is 8.47. The summed E-state index contributed by atoms with van der Waals surface area (Å²) in [6.45, 7) is 11.4. The van der Waals surface area contributed by atoms with Gasteiger partial charge in [0.2, 0.25) is 11.6 Å². The van der Waals surface area contributed by atoms with Crippen molar-refractivity contribution in [3.63, 3.8) is 0 Å². The van der Waals surface area contributed by atoms with E-state index in [1.807, 2.05) is 41.5 Å². The van der Waals surface area contributed by atoms with Crippen molar-refractivity contribution in [2.75, 3.05) is 21.1 Å². The molecule has 0 radical (unpaired) electrons. The molecule has 1 heterocycles. The highest BCUT2D eigenvalue weighted by Gasteiger charge is 2.32. The zero-order valence-electron chi connectivity index (χ0n) is 17.2. The normalized spacial score (nSPS) is 12.7. The van der Waals surface area contributed by atoms with Gasteiger partial charge in [0.05, 0.1) is 11.4 Å². The molecule has 1 aromatic rings. The summed E-state index contributed by atoms with van der Waals surface area (Å²) in [5.41, 5.74) is -0.312. The maximum absolute atomic E-state index is 13.0. The van der Waals surface area contributed by atoms with E-state index in [1.165, 1.54) is 13.2 Å². The summed E-state index contributed by atoms with van der Waals surface area (Å²) in [6, 6.07) is 0. The third-order valence-corrected chi connectivity index (χ3v) is 3.61. The Labute approximate surface area is 155 Å². The summed E-state index contributed by atoms with van der Waals surface area (Å²) in [6.07, 6.45) is 1.44. The molecule has 2 N–H and O–H groups in total. The first-order chi connectivity index (χ1) is 11.7. The highest BCUT2D eigenvalue weighted by atomic mass is 16.3. The minimum atomic E-state index is -0.589. The molecular formula is C19H30N4O3. The maximum Gasteiger partial charge on any atom is 0.256 e. The number of hydrogen-bond donors (Lipinski definition) is 2. The fourth-order valence-corrected chi connectivity index (χ4v) is 2.34. The first kappa shape index (κ1) is 21.6. The average molecular weight is 362 g/mol. The second-order valence-electron chi connectivity index (χ2n) is 8.51. The van der Waals surface area contributed by atoms with Gasteiger partial charge in [-0.25, -0.2) is 9.97 Å². The van der Waals surface area contributed by atoms with Crippen molar-refractivity contribution in [3.05, 3.63) is 29.0 Å². The number of likely N-dealkylation sites (N-methyl/N-ethyl adjacent to an activating group) is 1. The fraction of sp³-hybridized carbons (Fsp3) is 0.579. The van der Waals surface area contributed by atoms with Gasteiger partial charge in [0.15, 0.2) is 5.75 Å². The highest BCUT2D eigenvalue weighted by Crippen LogP contribution is 2.36. The van der Waals surface area contributed by atoms with Crippen molar-refractivity contribution in [2.45, 2.75) is 52.4 Å². The van der Waals surface area contributed by atoms with Crippen molar-refractivity contribution >= 4 is 11.7 Å². The van der Waals surface area contributed by atoms with Gasteiger partial charge in [0, 0.05) is 38.2 Å². The Balaban J connectivity index is 3.71. The van der Waals surface area contributed by atoms with Crippen molar-refractivity contribution in [2.24, 2.45) is 0 Å². The standard InChI is InChI=1S/C19H30N4O3/c1-18(2,3)14-13(25)15(19(4,5)6)22-16(21-14)12(24)11(10-23(8)9)17(26)20-7/h10,25H,1-9H3,(H,20,26)/b11-10-. The van der Waals surface area contributed by atoms with Crippen molar-refractivity contribution < 1.29 is 14.7 Å². The number of aromatic nitrogens is 2. The maximum atomic E-state index is 13.0. The smallest absolute Gasteiger partial charge is 0.256 e. The number of nitrogens with zero attached hydrogens (tertiary/aromatic N) is 3. The molecule has 1 aromatic heterocycles. The lowest BCUT2D eigenvalue weighted by Gasteiger charge is -2.26. The Morgan fingerprint density at radius 2 is 1.42 bits per heavy atom. The van der Waals surface area contributed by atoms with Gasteiger partial charge in [-0.15, -0.1) is 0 Å². The number of nitrogens with one attached hydrogen (secondary N) is 1. The molecule has 0 unspecified atom stereocenters. The average Bonchev–Trinajstić information content (AvgIpc) is 2.48. The Kier molecular flexibility index (Phi) is 6.18. The van der Waals surface area contributed by atoms with E-state index < -0.39 is 22.5 Å². The molecule has 0 saturated carbocycles. The van der Waals surface area contributed by atoms with Crippen LogP contribution in [0.3, 0.4) is 0 Å². The second-order valence-corrected chi connectivity index (χ2v) is 8.51. The Hall–Kier alpha value is -2.44. The summed E-state index contributed by atoms with van der Waals surface area (Å²) in [5.74, 6) is -1.22. The van der Waals surface area contributed by atoms with Crippen LogP contribution in [-0.2, 0) is 15.6 Å². The number of rotatable bonds is 4. The van der Waals surface area contributed by atoms with Gasteiger partial charge < -0.3 is 15.3 Å². The van der Waals surface area contributed by atoms with Crippen LogP contribution in [0.4, 0.5) is 0 Å². The summed E-state index contributed by atoms with van der Waals surface area (Å²) in [7, 11) is 4.89. The number of aromatic hydroxyl groups is 1. The van der Waals surface area contributed by atoms with Gasteiger partial charge in [-0.05, 0) is 0 Å². The highest BCUT2D eigenvalue weighted by molar-refractivity contribution is 6.24. The lowest BCUT2D eigenvalue weighted by atomic mass is 9.85. The van der Waals surface area contributed by atoms with E-state index in [0.717, 1.165) is 0 Å². The first-order valence-electron chi connectivity index (χ1n) is 8.47. The molecule has 7 heteroatoms. The van der Waals surface area contributed by atoms with Gasteiger partial charge in [0.1, 0.15) is 5.57 Å². The minimum Gasteiger partial charge on any atom is -0.504 e. The van der Waals surface area contributed by atoms with Crippen LogP contribution in [0.15, 0.2) is 11.8 Å². The van der Waals surface area contributed by atoms with Crippen LogP contribution in [-0.4, -0.2) is 52.8 Å². The molecule has 0 saturated heterocycles. The number of ketones is 1. The molecule has 0 aliphatic carbocycles. The molecule has 0 spiro atoms. The Morgan fingerprint density at radius 3 is 1.73 bits per heavy atom. The molecule has 26 heavy (non-hydrogen) atoms. The van der Waals surface area contributed by atoms with Crippen LogP contribution >= 0.6 is 0 Å². The Bertz CT molecular complexity index is 703. The number of carbonyl (C=O) groups excluding carboxylic acids is 2. The van der Waals surface area contributed by atoms with E-state index in [-0.39, 0.29) is 17.1 Å². The molecule has 144 valence electrons. The van der Waals surface area contributed by atoms with Gasteiger partial charge in [0.25, 0.3) is 5.91 Å². The largest absolute Gasteiger partial charge is 0.504 e. The number of hydrogen-bond acceptors (Lipinski definition) is 6. The third-order valence-electron chi connectivity index (χ3n) is 3.61. The molecule has 1 amide bonds. The molecule has 0 bridgehead atoms. The van der Waals surface area contributed by atoms with E-state index >= 15 is 0 Å². The summed E-state index contributed by atoms with van der Waals surface area (Å²) in [5, 5.41) is 13.1. The lowest BCUT2D eigenvalue weighted by molar-refractivity contribution is -0.116. The molecule has 0 aromatic carbocycles. The SMILES string of the molecule is CNC(=O)/C(=C\N(C)C)C(=O)c1nc(C(C)(C)C)c(O)c(C(C)(C)C)n1. The van der Waals surface area contributed by atoms with Crippen molar-refractivity contribution in [3.8, 4) is 5.75 Å². The summed E-state index contributed by atoms with van der Waals surface area (Å²) >= 11 is 0. The molecule has 7 nitrogen and oxygen atoms in total. The third kappa shape index (κ3) is 4.80. The lowest BCUT2D eigenvalue weighted by Crippen LogP contribution is -2.29. The van der Waals surface area contributed by atoms with E-state index in [4.69, 9.17) is 0 Å². The van der Waals surface area contributed by atoms with E-state index in [0.29, 0.717) is 11.4 Å². The number of Topliss-reactive ketones (excluding diaryl/α,β-unsaturated/α-hetero) is 1. The molecular weight excluding hydrogens is 332 g/mol. The molecule has 0 aliphatic rings. The van der Waals surface area contributed by atoms with Gasteiger partial charge in [-0.1, -0.05) is 41.5 Å². The molecule has 0 atom stereocenters. The zero-order chi connectivity index (χ0) is 20.4. The molecule has 0 aliphatic heterocycles. The second kappa shape index (κ2) is 7.43. The zero-order valence-corrected chi connectivity index (χ0v) is 17.2. The van der Waals surface area contributed by atoms with Crippen LogP contribution in [0.1, 0.15) is 63.5 Å². The Morgan fingerprint density at radius 1 is 1.00 bits per heavy atom. The van der Waals surface area contributed by atoms with Crippen LogP contribution in [0.5, 0.6) is 5.75 Å². The van der Waals surface area contributed by atoms with E-state index in [9.17, 15) is 14.7 Å². The fourth-order valence-electron chi connectivity index (χ4n) is 2.34. The van der Waals surface area contributed by atoms with E-state index in [2.05, 4.69) is 15.3 Å². The predicted octanol–water partition coefficient (Wildman–Crippen LogP) is 2.15. The quantitative estimate of drug-likeness (QED) is 0.369. The number of carbonyl (C=O) groups is 2. The van der Waals surface area contributed by atoms with Gasteiger partial charge >= 0.3 is 0 Å². The summed E-state index contributed by atoms with van der Waals surface area (Å²) in [4.78, 5) is 35.4. The molecule has 1 rings (SSSR count). The summed E-state index contributed by atoms with van der Waals surface area (Å²) < 4.78 is 0. The van der Waals surface area contributed by atoms with Crippen molar-refractivity contribution in [1.82, 2.24) is 20.2 Å². The van der Waals surface area contributed by atoms with Crippen LogP contribution in [0.25, 0.3) is 0 Å². The van der Waals surface area contributed by atoms with Crippen LogP contribution < -0.4 is 5.32 Å². The topological polar surface area (TPSA) is 95.4 Å². The monoisotopic (exact) mass is 362 g/mol. The van der Waals surface area contributed by atoms with Gasteiger partial charge in [-0.3, -0.25) is 9.59 Å². The van der Waals surface area contributed by atoms with Gasteiger partial charge in [-0.2, -0.15) is 0 Å².